The molecule has 4 nitrogen and oxygen atoms in total. The monoisotopic (exact) mass is 291 g/mol. The van der Waals surface area contributed by atoms with Crippen molar-refractivity contribution in [2.75, 3.05) is 26.0 Å². The minimum atomic E-state index is 0.0903. The van der Waals surface area contributed by atoms with Crippen LogP contribution in [0.15, 0.2) is 24.3 Å². The second-order valence-corrected chi connectivity index (χ2v) is 5.88. The molecule has 0 bridgehead atoms. The van der Waals surface area contributed by atoms with Crippen molar-refractivity contribution in [3.05, 3.63) is 29.8 Å². The fraction of sp³-hybridized carbons (Fsp3) is 0.588. The SMILES string of the molecule is CCC(CCN)CCC(=O)Nc1cccc(CN(C)C)c1. The maximum Gasteiger partial charge on any atom is 0.224 e. The van der Waals surface area contributed by atoms with Crippen molar-refractivity contribution in [2.45, 2.75) is 39.2 Å². The van der Waals surface area contributed by atoms with E-state index in [0.717, 1.165) is 31.5 Å². The van der Waals surface area contributed by atoms with E-state index in [1.165, 1.54) is 5.56 Å². The van der Waals surface area contributed by atoms with Crippen LogP contribution in [-0.4, -0.2) is 31.4 Å². The van der Waals surface area contributed by atoms with Gasteiger partial charge in [0.1, 0.15) is 0 Å². The fourth-order valence-corrected chi connectivity index (χ4v) is 2.46. The molecule has 1 atom stereocenters. The summed E-state index contributed by atoms with van der Waals surface area (Å²) >= 11 is 0. The van der Waals surface area contributed by atoms with E-state index in [0.29, 0.717) is 18.9 Å². The van der Waals surface area contributed by atoms with Crippen LogP contribution in [0, 0.1) is 5.92 Å². The summed E-state index contributed by atoms with van der Waals surface area (Å²) in [7, 11) is 4.07. The highest BCUT2D eigenvalue weighted by Gasteiger charge is 2.09. The Kier molecular flexibility index (Phi) is 8.01. The summed E-state index contributed by atoms with van der Waals surface area (Å²) in [5, 5.41) is 2.99. The molecule has 1 aromatic carbocycles. The number of nitrogens with one attached hydrogen (secondary N) is 1. The average Bonchev–Trinajstić information content (AvgIpc) is 2.43. The molecule has 0 radical (unpaired) electrons. The molecule has 118 valence electrons. The largest absolute Gasteiger partial charge is 0.330 e. The van der Waals surface area contributed by atoms with Crippen molar-refractivity contribution in [3.63, 3.8) is 0 Å². The lowest BCUT2D eigenvalue weighted by Crippen LogP contribution is -2.15. The normalized spacial score (nSPS) is 12.4. The Morgan fingerprint density at radius 2 is 2.10 bits per heavy atom. The van der Waals surface area contributed by atoms with Gasteiger partial charge in [0.15, 0.2) is 0 Å². The third-order valence-corrected chi connectivity index (χ3v) is 3.64. The molecule has 0 fully saturated rings. The van der Waals surface area contributed by atoms with E-state index in [1.54, 1.807) is 0 Å². The van der Waals surface area contributed by atoms with Crippen LogP contribution in [0.1, 0.15) is 38.2 Å². The van der Waals surface area contributed by atoms with Gasteiger partial charge in [0.2, 0.25) is 5.91 Å². The van der Waals surface area contributed by atoms with Crippen molar-refractivity contribution < 1.29 is 4.79 Å². The van der Waals surface area contributed by atoms with Crippen LogP contribution in [0.5, 0.6) is 0 Å². The van der Waals surface area contributed by atoms with E-state index in [9.17, 15) is 4.79 Å². The van der Waals surface area contributed by atoms with Gasteiger partial charge in [0, 0.05) is 18.7 Å². The van der Waals surface area contributed by atoms with E-state index >= 15 is 0 Å². The molecule has 0 saturated carbocycles. The van der Waals surface area contributed by atoms with Crippen molar-refractivity contribution in [3.8, 4) is 0 Å². The summed E-state index contributed by atoms with van der Waals surface area (Å²) < 4.78 is 0. The Bertz CT molecular complexity index is 432. The van der Waals surface area contributed by atoms with Gasteiger partial charge in [-0.25, -0.2) is 0 Å². The van der Waals surface area contributed by atoms with E-state index in [-0.39, 0.29) is 5.91 Å². The Hall–Kier alpha value is -1.39. The smallest absolute Gasteiger partial charge is 0.224 e. The molecule has 0 spiro atoms. The van der Waals surface area contributed by atoms with Gasteiger partial charge in [-0.1, -0.05) is 25.5 Å². The highest BCUT2D eigenvalue weighted by atomic mass is 16.1. The molecule has 0 aliphatic carbocycles. The molecule has 21 heavy (non-hydrogen) atoms. The highest BCUT2D eigenvalue weighted by Crippen LogP contribution is 2.16. The third kappa shape index (κ3) is 7.25. The van der Waals surface area contributed by atoms with E-state index < -0.39 is 0 Å². The first-order valence-electron chi connectivity index (χ1n) is 7.78. The molecular formula is C17H29N3O. The zero-order chi connectivity index (χ0) is 15.7. The van der Waals surface area contributed by atoms with Gasteiger partial charge in [-0.2, -0.15) is 0 Å². The lowest BCUT2D eigenvalue weighted by Gasteiger charge is -2.14. The van der Waals surface area contributed by atoms with Gasteiger partial charge >= 0.3 is 0 Å². The standard InChI is InChI=1S/C17H29N3O/c1-4-14(10-11-18)8-9-17(21)19-16-7-5-6-15(12-16)13-20(2)3/h5-7,12,14H,4,8-11,13,18H2,1-3H3,(H,19,21). The van der Waals surface area contributed by atoms with Crippen molar-refractivity contribution in [1.82, 2.24) is 4.90 Å². The van der Waals surface area contributed by atoms with Gasteiger partial charge in [0.25, 0.3) is 0 Å². The molecule has 0 aliphatic heterocycles. The molecule has 0 saturated heterocycles. The number of nitrogens with two attached hydrogens (primary N) is 1. The minimum Gasteiger partial charge on any atom is -0.330 e. The number of benzene rings is 1. The zero-order valence-electron chi connectivity index (χ0n) is 13.6. The molecule has 0 aliphatic rings. The molecule has 1 rings (SSSR count). The molecule has 0 heterocycles. The van der Waals surface area contributed by atoms with Gasteiger partial charge in [-0.3, -0.25) is 4.79 Å². The number of amides is 1. The number of hydrogen-bond acceptors (Lipinski definition) is 3. The molecule has 1 amide bonds. The number of carbonyl (C=O) groups is 1. The third-order valence-electron chi connectivity index (χ3n) is 3.64. The summed E-state index contributed by atoms with van der Waals surface area (Å²) in [4.78, 5) is 14.1. The Morgan fingerprint density at radius 3 is 2.71 bits per heavy atom. The quantitative estimate of drug-likeness (QED) is 0.735. The Morgan fingerprint density at radius 1 is 1.33 bits per heavy atom. The second kappa shape index (κ2) is 9.53. The first kappa shape index (κ1) is 17.7. The van der Waals surface area contributed by atoms with Crippen LogP contribution < -0.4 is 11.1 Å². The minimum absolute atomic E-state index is 0.0903. The van der Waals surface area contributed by atoms with Crippen LogP contribution in [-0.2, 0) is 11.3 Å². The van der Waals surface area contributed by atoms with Gasteiger partial charge in [0.05, 0.1) is 0 Å². The van der Waals surface area contributed by atoms with Crippen molar-refractivity contribution >= 4 is 11.6 Å². The summed E-state index contributed by atoms with van der Waals surface area (Å²) in [6.45, 7) is 3.73. The van der Waals surface area contributed by atoms with Crippen molar-refractivity contribution in [1.29, 1.82) is 0 Å². The first-order chi connectivity index (χ1) is 10.0. The first-order valence-corrected chi connectivity index (χ1v) is 7.78. The summed E-state index contributed by atoms with van der Waals surface area (Å²) in [5.41, 5.74) is 7.67. The lowest BCUT2D eigenvalue weighted by atomic mass is 9.96. The maximum absolute atomic E-state index is 12.0. The average molecular weight is 291 g/mol. The topological polar surface area (TPSA) is 58.4 Å². The summed E-state index contributed by atoms with van der Waals surface area (Å²) in [6, 6.07) is 8.03. The maximum atomic E-state index is 12.0. The van der Waals surface area contributed by atoms with Crippen LogP contribution in [0.4, 0.5) is 5.69 Å². The van der Waals surface area contributed by atoms with Crippen LogP contribution >= 0.6 is 0 Å². The van der Waals surface area contributed by atoms with Crippen LogP contribution in [0.2, 0.25) is 0 Å². The number of carbonyl (C=O) groups excluding carboxylic acids is 1. The highest BCUT2D eigenvalue weighted by molar-refractivity contribution is 5.90. The number of hydrogen-bond donors (Lipinski definition) is 2. The number of anilines is 1. The van der Waals surface area contributed by atoms with Crippen LogP contribution in [0.3, 0.4) is 0 Å². The van der Waals surface area contributed by atoms with Crippen LogP contribution in [0.25, 0.3) is 0 Å². The molecule has 1 unspecified atom stereocenters. The fourth-order valence-electron chi connectivity index (χ4n) is 2.46. The Balaban J connectivity index is 2.47. The summed E-state index contributed by atoms with van der Waals surface area (Å²) in [6.07, 6.45) is 3.57. The lowest BCUT2D eigenvalue weighted by molar-refractivity contribution is -0.116. The molecule has 0 aromatic heterocycles. The van der Waals surface area contributed by atoms with Gasteiger partial charge in [-0.15, -0.1) is 0 Å². The molecule has 4 heteroatoms. The predicted molar refractivity (Wildman–Crippen MR) is 89.1 cm³/mol. The van der Waals surface area contributed by atoms with E-state index in [2.05, 4.69) is 23.2 Å². The Labute approximate surface area is 128 Å². The van der Waals surface area contributed by atoms with E-state index in [4.69, 9.17) is 5.73 Å². The molecular weight excluding hydrogens is 262 g/mol. The van der Waals surface area contributed by atoms with Crippen molar-refractivity contribution in [2.24, 2.45) is 11.7 Å². The number of rotatable bonds is 9. The van der Waals surface area contributed by atoms with E-state index in [1.807, 2.05) is 32.3 Å². The molecule has 1 aromatic rings. The summed E-state index contributed by atoms with van der Waals surface area (Å²) in [5.74, 6) is 0.647. The zero-order valence-corrected chi connectivity index (χ0v) is 13.6. The van der Waals surface area contributed by atoms with Gasteiger partial charge in [-0.05, 0) is 57.1 Å². The second-order valence-electron chi connectivity index (χ2n) is 5.88. The molecule has 3 N–H and O–H groups in total. The van der Waals surface area contributed by atoms with Gasteiger partial charge < -0.3 is 16.0 Å². The predicted octanol–water partition coefficient (Wildman–Crippen LogP) is 2.84. The number of nitrogens with zero attached hydrogens (tertiary/aromatic N) is 1.